The zero-order valence-corrected chi connectivity index (χ0v) is 10.9. The molecule has 0 aliphatic carbocycles. The molecule has 18 heavy (non-hydrogen) atoms. The summed E-state index contributed by atoms with van der Waals surface area (Å²) in [6.45, 7) is 4.80. The molecule has 0 unspecified atom stereocenters. The first-order valence-corrected chi connectivity index (χ1v) is 5.74. The maximum absolute atomic E-state index is 12.6. The molecule has 1 aromatic carbocycles. The summed E-state index contributed by atoms with van der Waals surface area (Å²) >= 11 is 0. The van der Waals surface area contributed by atoms with E-state index in [1.165, 1.54) is 12.1 Å². The molecule has 0 aliphatic heterocycles. The second kappa shape index (κ2) is 5.28. The van der Waals surface area contributed by atoms with Crippen LogP contribution in [0.5, 0.6) is 0 Å². The van der Waals surface area contributed by atoms with Crippen LogP contribution in [0.3, 0.4) is 0 Å². The van der Waals surface area contributed by atoms with Crippen molar-refractivity contribution >= 4 is 0 Å². The van der Waals surface area contributed by atoms with Gasteiger partial charge < -0.3 is 5.73 Å². The number of benzene rings is 1. The van der Waals surface area contributed by atoms with Gasteiger partial charge in [-0.15, -0.1) is 0 Å². The van der Waals surface area contributed by atoms with Gasteiger partial charge in [0.1, 0.15) is 0 Å². The second-order valence-electron chi connectivity index (χ2n) is 5.07. The lowest BCUT2D eigenvalue weighted by Gasteiger charge is -2.34. The number of halogens is 3. The summed E-state index contributed by atoms with van der Waals surface area (Å²) in [5, 5.41) is 0. The topological polar surface area (TPSA) is 29.3 Å². The third-order valence-electron chi connectivity index (χ3n) is 3.21. The number of nitrogens with two attached hydrogens (primary N) is 1. The van der Waals surface area contributed by atoms with Crippen molar-refractivity contribution in [3.8, 4) is 0 Å². The first kappa shape index (κ1) is 15.0. The normalized spacial score (nSPS) is 13.1. The van der Waals surface area contributed by atoms with Gasteiger partial charge in [-0.2, -0.15) is 13.2 Å². The van der Waals surface area contributed by atoms with E-state index in [0.717, 1.165) is 6.07 Å². The molecule has 102 valence electrons. The van der Waals surface area contributed by atoms with Crippen molar-refractivity contribution < 1.29 is 13.2 Å². The fourth-order valence-electron chi connectivity index (χ4n) is 1.49. The largest absolute Gasteiger partial charge is 0.416 e. The summed E-state index contributed by atoms with van der Waals surface area (Å²) in [6, 6.07) is 5.39. The average Bonchev–Trinajstić information content (AvgIpc) is 2.28. The van der Waals surface area contributed by atoms with Crippen molar-refractivity contribution in [1.82, 2.24) is 4.90 Å². The molecular formula is C13H19F3N2. The van der Waals surface area contributed by atoms with E-state index < -0.39 is 11.7 Å². The van der Waals surface area contributed by atoms with Crippen LogP contribution in [0.2, 0.25) is 0 Å². The monoisotopic (exact) mass is 260 g/mol. The van der Waals surface area contributed by atoms with Crippen LogP contribution in [0.4, 0.5) is 13.2 Å². The summed E-state index contributed by atoms with van der Waals surface area (Å²) in [6.07, 6.45) is -4.29. The fourth-order valence-corrected chi connectivity index (χ4v) is 1.49. The Morgan fingerprint density at radius 3 is 2.33 bits per heavy atom. The highest BCUT2D eigenvalue weighted by atomic mass is 19.4. The lowest BCUT2D eigenvalue weighted by molar-refractivity contribution is -0.137. The molecular weight excluding hydrogens is 241 g/mol. The third-order valence-corrected chi connectivity index (χ3v) is 3.21. The molecule has 2 nitrogen and oxygen atoms in total. The zero-order chi connectivity index (χ0) is 14.0. The minimum Gasteiger partial charge on any atom is -0.329 e. The number of rotatable bonds is 4. The minimum absolute atomic E-state index is 0.242. The van der Waals surface area contributed by atoms with Gasteiger partial charge in [0.15, 0.2) is 0 Å². The quantitative estimate of drug-likeness (QED) is 0.902. The smallest absolute Gasteiger partial charge is 0.329 e. The molecule has 0 spiro atoms. The van der Waals surface area contributed by atoms with Crippen LogP contribution in [0.1, 0.15) is 25.0 Å². The van der Waals surface area contributed by atoms with Gasteiger partial charge in [0.25, 0.3) is 0 Å². The van der Waals surface area contributed by atoms with E-state index in [1.54, 1.807) is 6.07 Å². The predicted molar refractivity (Wildman–Crippen MR) is 66.0 cm³/mol. The van der Waals surface area contributed by atoms with Crippen molar-refractivity contribution in [1.29, 1.82) is 0 Å². The van der Waals surface area contributed by atoms with Crippen LogP contribution >= 0.6 is 0 Å². The number of hydrogen-bond acceptors (Lipinski definition) is 2. The lowest BCUT2D eigenvalue weighted by atomic mass is 10.0. The average molecular weight is 260 g/mol. The van der Waals surface area contributed by atoms with Gasteiger partial charge >= 0.3 is 6.18 Å². The third kappa shape index (κ3) is 3.71. The second-order valence-corrected chi connectivity index (χ2v) is 5.07. The first-order chi connectivity index (χ1) is 8.16. The van der Waals surface area contributed by atoms with Gasteiger partial charge in [-0.3, -0.25) is 4.90 Å². The highest BCUT2D eigenvalue weighted by Gasteiger charge is 2.30. The van der Waals surface area contributed by atoms with E-state index >= 15 is 0 Å². The van der Waals surface area contributed by atoms with Crippen molar-refractivity contribution in [3.05, 3.63) is 35.4 Å². The van der Waals surface area contributed by atoms with Gasteiger partial charge in [0.2, 0.25) is 0 Å². The van der Waals surface area contributed by atoms with Crippen LogP contribution in [0.15, 0.2) is 24.3 Å². The Morgan fingerprint density at radius 1 is 1.22 bits per heavy atom. The van der Waals surface area contributed by atoms with Gasteiger partial charge in [-0.05, 0) is 32.5 Å². The lowest BCUT2D eigenvalue weighted by Crippen LogP contribution is -2.46. The molecule has 0 saturated heterocycles. The van der Waals surface area contributed by atoms with Crippen LogP contribution in [0.25, 0.3) is 0 Å². The van der Waals surface area contributed by atoms with Gasteiger partial charge in [-0.25, -0.2) is 0 Å². The standard InChI is InChI=1S/C13H19F3N2/c1-12(2,9-17)18(3)8-10-5-4-6-11(7-10)13(14,15)16/h4-7H,8-9,17H2,1-3H3. The molecule has 0 saturated carbocycles. The summed E-state index contributed by atoms with van der Waals surface area (Å²) in [4.78, 5) is 1.95. The molecule has 0 aliphatic rings. The maximum atomic E-state index is 12.6. The molecule has 0 fully saturated rings. The summed E-state index contributed by atoms with van der Waals surface area (Å²) in [5.74, 6) is 0. The molecule has 0 bridgehead atoms. The molecule has 0 aromatic heterocycles. The van der Waals surface area contributed by atoms with Crippen LogP contribution in [-0.2, 0) is 12.7 Å². The van der Waals surface area contributed by atoms with E-state index in [1.807, 2.05) is 25.8 Å². The van der Waals surface area contributed by atoms with Crippen LogP contribution in [-0.4, -0.2) is 24.0 Å². The molecule has 0 amide bonds. The van der Waals surface area contributed by atoms with E-state index in [4.69, 9.17) is 5.73 Å². The Labute approximate surface area is 106 Å². The molecule has 0 heterocycles. The number of likely N-dealkylation sites (N-methyl/N-ethyl adjacent to an activating group) is 1. The van der Waals surface area contributed by atoms with Crippen LogP contribution < -0.4 is 5.73 Å². The van der Waals surface area contributed by atoms with E-state index in [0.29, 0.717) is 18.7 Å². The van der Waals surface area contributed by atoms with Crippen molar-refractivity contribution in [2.75, 3.05) is 13.6 Å². The van der Waals surface area contributed by atoms with Crippen molar-refractivity contribution in [2.45, 2.75) is 32.1 Å². The Bertz CT molecular complexity index is 399. The van der Waals surface area contributed by atoms with Gasteiger partial charge in [-0.1, -0.05) is 18.2 Å². The molecule has 2 N–H and O–H groups in total. The number of nitrogens with zero attached hydrogens (tertiary/aromatic N) is 1. The van der Waals surface area contributed by atoms with Crippen molar-refractivity contribution in [3.63, 3.8) is 0 Å². The number of hydrogen-bond donors (Lipinski definition) is 1. The first-order valence-electron chi connectivity index (χ1n) is 5.74. The van der Waals surface area contributed by atoms with Gasteiger partial charge in [0, 0.05) is 18.6 Å². The molecule has 0 atom stereocenters. The Balaban J connectivity index is 2.86. The minimum atomic E-state index is -4.29. The summed E-state index contributed by atoms with van der Waals surface area (Å²) < 4.78 is 37.7. The number of alkyl halides is 3. The highest BCUT2D eigenvalue weighted by Crippen LogP contribution is 2.30. The highest BCUT2D eigenvalue weighted by molar-refractivity contribution is 5.25. The van der Waals surface area contributed by atoms with Crippen molar-refractivity contribution in [2.24, 2.45) is 5.73 Å². The molecule has 0 radical (unpaired) electrons. The molecule has 1 rings (SSSR count). The maximum Gasteiger partial charge on any atom is 0.416 e. The SMILES string of the molecule is CN(Cc1cccc(C(F)(F)F)c1)C(C)(C)CN. The Morgan fingerprint density at radius 2 is 1.83 bits per heavy atom. The summed E-state index contributed by atoms with van der Waals surface area (Å²) in [7, 11) is 1.85. The molecule has 5 heteroatoms. The van der Waals surface area contributed by atoms with E-state index in [2.05, 4.69) is 0 Å². The van der Waals surface area contributed by atoms with E-state index in [-0.39, 0.29) is 5.54 Å². The van der Waals surface area contributed by atoms with Gasteiger partial charge in [0.05, 0.1) is 5.56 Å². The fraction of sp³-hybridized carbons (Fsp3) is 0.538. The van der Waals surface area contributed by atoms with Crippen LogP contribution in [0, 0.1) is 0 Å². The molecule has 1 aromatic rings. The Kier molecular flexibility index (Phi) is 4.40. The van der Waals surface area contributed by atoms with E-state index in [9.17, 15) is 13.2 Å². The zero-order valence-electron chi connectivity index (χ0n) is 10.9. The summed E-state index contributed by atoms with van der Waals surface area (Å²) in [5.41, 5.74) is 5.42. The Hall–Kier alpha value is -1.07. The predicted octanol–water partition coefficient (Wildman–Crippen LogP) is 2.87.